The minimum absolute atomic E-state index is 0.426. The lowest BCUT2D eigenvalue weighted by Crippen LogP contribution is -2.31. The van der Waals surface area contributed by atoms with Crippen LogP contribution in [0.4, 0.5) is 13.2 Å². The fraction of sp³-hybridized carbons (Fsp3) is 0.455. The molecule has 94 valence electrons. The first-order chi connectivity index (χ1) is 7.75. The molecule has 0 amide bonds. The van der Waals surface area contributed by atoms with E-state index in [0.29, 0.717) is 0 Å². The summed E-state index contributed by atoms with van der Waals surface area (Å²) >= 11 is 0. The fourth-order valence-corrected chi connectivity index (χ4v) is 1.32. The van der Waals surface area contributed by atoms with Crippen LogP contribution in [0, 0.1) is 5.92 Å². The number of Topliss-reactive ketones (excluding diaryl/α,β-unsaturated/α-hetero) is 1. The topological polar surface area (TPSA) is 56.0 Å². The Morgan fingerprint density at radius 2 is 2.00 bits per heavy atom. The van der Waals surface area contributed by atoms with Crippen molar-refractivity contribution in [3.63, 3.8) is 0 Å². The second-order valence-corrected chi connectivity index (χ2v) is 3.93. The van der Waals surface area contributed by atoms with Gasteiger partial charge in [-0.15, -0.1) is 0 Å². The molecule has 2 unspecified atom stereocenters. The molecular weight excluding hydrogens is 233 g/mol. The van der Waals surface area contributed by atoms with E-state index in [1.54, 1.807) is 6.92 Å². The minimum atomic E-state index is -4.56. The second-order valence-electron chi connectivity index (χ2n) is 3.93. The van der Waals surface area contributed by atoms with E-state index in [1.807, 2.05) is 0 Å². The molecule has 1 heterocycles. The number of carbonyl (C=O) groups excluding carboxylic acids is 1. The molecule has 0 fully saturated rings. The van der Waals surface area contributed by atoms with Crippen LogP contribution < -0.4 is 5.73 Å². The maximum absolute atomic E-state index is 12.7. The van der Waals surface area contributed by atoms with Gasteiger partial charge in [0.15, 0.2) is 5.78 Å². The van der Waals surface area contributed by atoms with E-state index in [0.717, 1.165) is 18.5 Å². The quantitative estimate of drug-likeness (QED) is 0.832. The third kappa shape index (κ3) is 3.03. The number of ketones is 1. The van der Waals surface area contributed by atoms with Gasteiger partial charge < -0.3 is 5.73 Å². The van der Waals surface area contributed by atoms with Crippen molar-refractivity contribution in [3.8, 4) is 0 Å². The summed E-state index contributed by atoms with van der Waals surface area (Å²) in [5.74, 6) is -1.32. The Hall–Kier alpha value is -1.43. The summed E-state index contributed by atoms with van der Waals surface area (Å²) in [5.41, 5.74) is 4.12. The van der Waals surface area contributed by atoms with Gasteiger partial charge in [-0.25, -0.2) is 0 Å². The van der Waals surface area contributed by atoms with E-state index in [2.05, 4.69) is 4.98 Å². The van der Waals surface area contributed by atoms with Gasteiger partial charge in [-0.05, 0) is 13.0 Å². The van der Waals surface area contributed by atoms with Crippen molar-refractivity contribution in [1.82, 2.24) is 4.98 Å². The van der Waals surface area contributed by atoms with Crippen LogP contribution >= 0.6 is 0 Å². The van der Waals surface area contributed by atoms with Crippen LogP contribution in [0.1, 0.15) is 29.8 Å². The number of halogens is 3. The third-order valence-electron chi connectivity index (χ3n) is 2.59. The van der Waals surface area contributed by atoms with E-state index in [1.165, 1.54) is 6.92 Å². The van der Waals surface area contributed by atoms with Crippen molar-refractivity contribution in [2.45, 2.75) is 26.1 Å². The number of pyridine rings is 1. The first kappa shape index (κ1) is 13.6. The first-order valence-corrected chi connectivity index (χ1v) is 5.06. The number of nitrogens with two attached hydrogens (primary N) is 1. The van der Waals surface area contributed by atoms with Gasteiger partial charge in [-0.2, -0.15) is 13.2 Å². The molecule has 6 heteroatoms. The van der Waals surface area contributed by atoms with Crippen molar-refractivity contribution in [2.75, 3.05) is 0 Å². The normalized spacial score (nSPS) is 15.4. The van der Waals surface area contributed by atoms with Crippen molar-refractivity contribution in [2.24, 2.45) is 11.7 Å². The van der Waals surface area contributed by atoms with E-state index in [-0.39, 0.29) is 0 Å². The summed E-state index contributed by atoms with van der Waals surface area (Å²) in [6.45, 7) is 3.08. The monoisotopic (exact) mass is 246 g/mol. The van der Waals surface area contributed by atoms with Crippen molar-refractivity contribution in [3.05, 3.63) is 29.6 Å². The number of alkyl halides is 3. The Kier molecular flexibility index (Phi) is 3.87. The molecule has 0 aliphatic carbocycles. The van der Waals surface area contributed by atoms with Crippen LogP contribution in [0.3, 0.4) is 0 Å². The molecule has 0 radical (unpaired) electrons. The molecule has 0 aromatic carbocycles. The summed E-state index contributed by atoms with van der Waals surface area (Å²) in [6.07, 6.45) is -2.62. The SMILES string of the molecule is CC(N)C(C)C(=O)c1cnccc1C(F)(F)F. The zero-order valence-electron chi connectivity index (χ0n) is 9.45. The van der Waals surface area contributed by atoms with Crippen LogP contribution in [0.5, 0.6) is 0 Å². The lowest BCUT2D eigenvalue weighted by molar-refractivity contribution is -0.138. The molecular formula is C11H13F3N2O. The van der Waals surface area contributed by atoms with E-state index in [9.17, 15) is 18.0 Å². The van der Waals surface area contributed by atoms with Gasteiger partial charge in [0, 0.05) is 29.9 Å². The van der Waals surface area contributed by atoms with Crippen molar-refractivity contribution < 1.29 is 18.0 Å². The number of aromatic nitrogens is 1. The van der Waals surface area contributed by atoms with Gasteiger partial charge in [-0.1, -0.05) is 6.92 Å². The van der Waals surface area contributed by atoms with E-state index < -0.39 is 35.0 Å². The molecule has 0 spiro atoms. The number of hydrogen-bond donors (Lipinski definition) is 1. The minimum Gasteiger partial charge on any atom is -0.327 e. The van der Waals surface area contributed by atoms with Crippen LogP contribution in [0.15, 0.2) is 18.5 Å². The van der Waals surface area contributed by atoms with Crippen molar-refractivity contribution >= 4 is 5.78 Å². The van der Waals surface area contributed by atoms with Crippen LogP contribution in [-0.4, -0.2) is 16.8 Å². The average Bonchev–Trinajstić information content (AvgIpc) is 2.25. The molecule has 0 aliphatic heterocycles. The molecule has 0 aliphatic rings. The lowest BCUT2D eigenvalue weighted by Gasteiger charge is -2.17. The highest BCUT2D eigenvalue weighted by Crippen LogP contribution is 2.32. The molecule has 1 aromatic heterocycles. The summed E-state index contributed by atoms with van der Waals surface area (Å²) in [6, 6.07) is 0.282. The molecule has 1 rings (SSSR count). The van der Waals surface area contributed by atoms with Crippen LogP contribution in [0.25, 0.3) is 0 Å². The maximum Gasteiger partial charge on any atom is 0.417 e. The Bertz CT molecular complexity index is 415. The fourth-order valence-electron chi connectivity index (χ4n) is 1.32. The molecule has 17 heavy (non-hydrogen) atoms. The Morgan fingerprint density at radius 3 is 2.47 bits per heavy atom. The van der Waals surface area contributed by atoms with E-state index in [4.69, 9.17) is 5.73 Å². The molecule has 2 N–H and O–H groups in total. The largest absolute Gasteiger partial charge is 0.417 e. The maximum atomic E-state index is 12.7. The van der Waals surface area contributed by atoms with Crippen molar-refractivity contribution in [1.29, 1.82) is 0 Å². The van der Waals surface area contributed by atoms with Gasteiger partial charge >= 0.3 is 6.18 Å². The van der Waals surface area contributed by atoms with Gasteiger partial charge in [0.2, 0.25) is 0 Å². The predicted octanol–water partition coefficient (Wildman–Crippen LogP) is 2.27. The van der Waals surface area contributed by atoms with Gasteiger partial charge in [0.1, 0.15) is 0 Å². The highest BCUT2D eigenvalue weighted by molar-refractivity contribution is 5.99. The zero-order valence-corrected chi connectivity index (χ0v) is 9.45. The average molecular weight is 246 g/mol. The zero-order chi connectivity index (χ0) is 13.2. The Labute approximate surface area is 96.8 Å². The molecule has 0 saturated heterocycles. The molecule has 1 aromatic rings. The smallest absolute Gasteiger partial charge is 0.327 e. The standard InChI is InChI=1S/C11H13F3N2O/c1-6(7(2)15)10(17)8-5-16-4-3-9(8)11(12,13)14/h3-7H,15H2,1-2H3. The number of carbonyl (C=O) groups is 1. The lowest BCUT2D eigenvalue weighted by atomic mass is 9.92. The van der Waals surface area contributed by atoms with Gasteiger partial charge in [0.05, 0.1) is 5.56 Å². The van der Waals surface area contributed by atoms with Crippen LogP contribution in [0.2, 0.25) is 0 Å². The van der Waals surface area contributed by atoms with Crippen LogP contribution in [-0.2, 0) is 6.18 Å². The van der Waals surface area contributed by atoms with E-state index >= 15 is 0 Å². The number of rotatable bonds is 3. The van der Waals surface area contributed by atoms with Gasteiger partial charge in [0.25, 0.3) is 0 Å². The molecule has 0 bridgehead atoms. The molecule has 3 nitrogen and oxygen atoms in total. The summed E-state index contributed by atoms with van der Waals surface area (Å²) < 4.78 is 38.0. The summed E-state index contributed by atoms with van der Waals surface area (Å²) in [4.78, 5) is 15.4. The predicted molar refractivity (Wildman–Crippen MR) is 56.4 cm³/mol. The Balaban J connectivity index is 3.19. The third-order valence-corrected chi connectivity index (χ3v) is 2.59. The second kappa shape index (κ2) is 4.83. The highest BCUT2D eigenvalue weighted by atomic mass is 19.4. The molecule has 2 atom stereocenters. The van der Waals surface area contributed by atoms with Gasteiger partial charge in [-0.3, -0.25) is 9.78 Å². The highest BCUT2D eigenvalue weighted by Gasteiger charge is 2.36. The summed E-state index contributed by atoms with van der Waals surface area (Å²) in [5, 5.41) is 0. The number of hydrogen-bond acceptors (Lipinski definition) is 3. The first-order valence-electron chi connectivity index (χ1n) is 5.06. The summed E-state index contributed by atoms with van der Waals surface area (Å²) in [7, 11) is 0. The number of nitrogens with zero attached hydrogens (tertiary/aromatic N) is 1. The molecule has 0 saturated carbocycles. The Morgan fingerprint density at radius 1 is 1.41 bits per heavy atom.